The highest BCUT2D eigenvalue weighted by molar-refractivity contribution is 6.01. The Morgan fingerprint density at radius 1 is 1.25 bits per heavy atom. The first kappa shape index (κ1) is 20.1. The lowest BCUT2D eigenvalue weighted by molar-refractivity contribution is -0.00541. The molecule has 0 bridgehead atoms. The van der Waals surface area contributed by atoms with Gasteiger partial charge in [0.15, 0.2) is 0 Å². The Labute approximate surface area is 164 Å². The molecule has 0 radical (unpaired) electrons. The Hall–Kier alpha value is -2.61. The average molecular weight is 390 g/mol. The van der Waals surface area contributed by atoms with Gasteiger partial charge in [0.1, 0.15) is 5.60 Å². The van der Waals surface area contributed by atoms with Crippen LogP contribution in [0.1, 0.15) is 52.6 Å². The largest absolute Gasteiger partial charge is 0.465 e. The third-order valence-electron chi connectivity index (χ3n) is 4.87. The summed E-state index contributed by atoms with van der Waals surface area (Å²) in [5.41, 5.74) is 1.36. The van der Waals surface area contributed by atoms with Crippen molar-refractivity contribution in [2.75, 3.05) is 26.7 Å². The molecular formula is C20H26N2O6. The van der Waals surface area contributed by atoms with Gasteiger partial charge in [0.2, 0.25) is 0 Å². The zero-order valence-electron chi connectivity index (χ0n) is 16.7. The molecule has 1 saturated heterocycles. The summed E-state index contributed by atoms with van der Waals surface area (Å²) in [6.45, 7) is 7.14. The molecule has 28 heavy (non-hydrogen) atoms. The van der Waals surface area contributed by atoms with E-state index in [1.54, 1.807) is 21.9 Å². The smallest absolute Gasteiger partial charge is 0.410 e. The summed E-state index contributed by atoms with van der Waals surface area (Å²) in [6.07, 6.45) is -0.338. The van der Waals surface area contributed by atoms with Crippen LogP contribution in [0.5, 0.6) is 0 Å². The number of rotatable bonds is 4. The number of carbonyl (C=O) groups excluding carboxylic acids is 3. The van der Waals surface area contributed by atoms with E-state index in [4.69, 9.17) is 9.47 Å². The van der Waals surface area contributed by atoms with Gasteiger partial charge in [-0.05, 0) is 44.0 Å². The maximum absolute atomic E-state index is 12.7. The van der Waals surface area contributed by atoms with E-state index >= 15 is 0 Å². The summed E-state index contributed by atoms with van der Waals surface area (Å²) in [5, 5.41) is 9.52. The first-order valence-electron chi connectivity index (χ1n) is 9.25. The fraction of sp³-hybridized carbons (Fsp3) is 0.550. The molecular weight excluding hydrogens is 364 g/mol. The molecule has 2 aliphatic heterocycles. The fourth-order valence-corrected chi connectivity index (χ4v) is 3.52. The van der Waals surface area contributed by atoms with Crippen LogP contribution < -0.4 is 0 Å². The maximum Gasteiger partial charge on any atom is 0.410 e. The van der Waals surface area contributed by atoms with Gasteiger partial charge in [0.05, 0.1) is 19.3 Å². The third kappa shape index (κ3) is 3.96. The van der Waals surface area contributed by atoms with Crippen molar-refractivity contribution in [2.45, 2.75) is 39.5 Å². The van der Waals surface area contributed by atoms with Gasteiger partial charge < -0.3 is 24.4 Å². The third-order valence-corrected chi connectivity index (χ3v) is 4.87. The molecule has 1 fully saturated rings. The molecule has 2 aliphatic rings. The summed E-state index contributed by atoms with van der Waals surface area (Å²) in [6, 6.07) is 3.19. The van der Waals surface area contributed by atoms with Gasteiger partial charge in [-0.25, -0.2) is 9.59 Å². The monoisotopic (exact) mass is 390 g/mol. The first-order chi connectivity index (χ1) is 13.1. The molecule has 2 heterocycles. The molecule has 1 N–H and O–H groups in total. The average Bonchev–Trinajstić information content (AvgIpc) is 2.89. The number of ether oxygens (including phenoxy) is 2. The Kier molecular flexibility index (Phi) is 5.34. The Balaban J connectivity index is 1.63. The number of methoxy groups -OCH3 is 1. The van der Waals surface area contributed by atoms with E-state index in [2.05, 4.69) is 0 Å². The molecule has 8 nitrogen and oxygen atoms in total. The first-order valence-corrected chi connectivity index (χ1v) is 9.25. The lowest BCUT2D eigenvalue weighted by atomic mass is 10.00. The zero-order chi connectivity index (χ0) is 20.6. The second-order valence-electron chi connectivity index (χ2n) is 8.25. The van der Waals surface area contributed by atoms with Gasteiger partial charge in [-0.3, -0.25) is 4.79 Å². The van der Waals surface area contributed by atoms with E-state index in [0.717, 1.165) is 5.56 Å². The highest BCUT2D eigenvalue weighted by Crippen LogP contribution is 2.29. The van der Waals surface area contributed by atoms with Crippen LogP contribution >= 0.6 is 0 Å². The number of aliphatic hydroxyl groups is 1. The molecule has 0 aliphatic carbocycles. The molecule has 0 spiro atoms. The SMILES string of the molecule is COC(=O)c1cc2c(cc1CO)C(=O)N(CC1CN(C(=O)OC(C)(C)C)C1)C2. The normalized spacial score (nSPS) is 16.7. The van der Waals surface area contributed by atoms with E-state index in [1.165, 1.54) is 7.11 Å². The van der Waals surface area contributed by atoms with Gasteiger partial charge in [0, 0.05) is 37.7 Å². The number of fused-ring (bicyclic) bond motifs is 1. The van der Waals surface area contributed by atoms with Crippen LogP contribution in [0.3, 0.4) is 0 Å². The number of carbonyl (C=O) groups is 3. The molecule has 0 atom stereocenters. The number of benzene rings is 1. The van der Waals surface area contributed by atoms with Crippen LogP contribution in [0.4, 0.5) is 4.79 Å². The van der Waals surface area contributed by atoms with Gasteiger partial charge in [-0.15, -0.1) is 0 Å². The van der Waals surface area contributed by atoms with Crippen LogP contribution in [0, 0.1) is 5.92 Å². The van der Waals surface area contributed by atoms with Crippen molar-refractivity contribution in [1.82, 2.24) is 9.80 Å². The summed E-state index contributed by atoms with van der Waals surface area (Å²) >= 11 is 0. The predicted molar refractivity (Wildman–Crippen MR) is 99.7 cm³/mol. The molecule has 3 rings (SSSR count). The van der Waals surface area contributed by atoms with E-state index in [1.807, 2.05) is 20.8 Å². The zero-order valence-corrected chi connectivity index (χ0v) is 16.7. The van der Waals surface area contributed by atoms with E-state index in [0.29, 0.717) is 37.3 Å². The topological polar surface area (TPSA) is 96.4 Å². The van der Waals surface area contributed by atoms with E-state index in [-0.39, 0.29) is 30.1 Å². The fourth-order valence-electron chi connectivity index (χ4n) is 3.52. The Bertz CT molecular complexity index is 808. The van der Waals surface area contributed by atoms with Gasteiger partial charge >= 0.3 is 12.1 Å². The van der Waals surface area contributed by atoms with Gasteiger partial charge in [-0.2, -0.15) is 0 Å². The molecule has 152 valence electrons. The summed E-state index contributed by atoms with van der Waals surface area (Å²) in [7, 11) is 1.28. The molecule has 2 amide bonds. The minimum Gasteiger partial charge on any atom is -0.465 e. The van der Waals surface area contributed by atoms with E-state index < -0.39 is 11.6 Å². The van der Waals surface area contributed by atoms with Crippen molar-refractivity contribution < 1.29 is 29.0 Å². The molecule has 0 saturated carbocycles. The molecule has 0 unspecified atom stereocenters. The molecule has 1 aromatic carbocycles. The number of aliphatic hydroxyl groups excluding tert-OH is 1. The van der Waals surface area contributed by atoms with Crippen molar-refractivity contribution in [3.63, 3.8) is 0 Å². The Morgan fingerprint density at radius 3 is 2.50 bits per heavy atom. The number of hydrogen-bond donors (Lipinski definition) is 1. The number of amides is 2. The molecule has 0 aromatic heterocycles. The Morgan fingerprint density at radius 2 is 1.93 bits per heavy atom. The number of esters is 1. The second-order valence-corrected chi connectivity index (χ2v) is 8.25. The highest BCUT2D eigenvalue weighted by atomic mass is 16.6. The van der Waals surface area contributed by atoms with Crippen molar-refractivity contribution in [3.8, 4) is 0 Å². The van der Waals surface area contributed by atoms with Crippen LogP contribution in [-0.2, 0) is 22.6 Å². The van der Waals surface area contributed by atoms with Gasteiger partial charge in [0.25, 0.3) is 5.91 Å². The summed E-state index contributed by atoms with van der Waals surface area (Å²) in [4.78, 5) is 40.0. The van der Waals surface area contributed by atoms with Crippen molar-refractivity contribution in [2.24, 2.45) is 5.92 Å². The maximum atomic E-state index is 12.7. The van der Waals surface area contributed by atoms with Crippen LogP contribution in [0.15, 0.2) is 12.1 Å². The second kappa shape index (κ2) is 7.43. The van der Waals surface area contributed by atoms with E-state index in [9.17, 15) is 19.5 Å². The van der Waals surface area contributed by atoms with Crippen molar-refractivity contribution >= 4 is 18.0 Å². The summed E-state index contributed by atoms with van der Waals surface area (Å²) < 4.78 is 10.1. The lowest BCUT2D eigenvalue weighted by Crippen LogP contribution is -2.54. The van der Waals surface area contributed by atoms with Crippen LogP contribution in [-0.4, -0.2) is 65.2 Å². The lowest BCUT2D eigenvalue weighted by Gasteiger charge is -2.41. The quantitative estimate of drug-likeness (QED) is 0.788. The minimum absolute atomic E-state index is 0.128. The molecule has 1 aromatic rings. The van der Waals surface area contributed by atoms with Crippen LogP contribution in [0.25, 0.3) is 0 Å². The molecule has 8 heteroatoms. The van der Waals surface area contributed by atoms with Crippen molar-refractivity contribution in [1.29, 1.82) is 0 Å². The highest BCUT2D eigenvalue weighted by Gasteiger charge is 2.38. The number of nitrogens with zero attached hydrogens (tertiary/aromatic N) is 2. The van der Waals surface area contributed by atoms with Crippen molar-refractivity contribution in [3.05, 3.63) is 34.4 Å². The summed E-state index contributed by atoms with van der Waals surface area (Å²) in [5.74, 6) is -0.482. The number of hydrogen-bond acceptors (Lipinski definition) is 6. The van der Waals surface area contributed by atoms with Gasteiger partial charge in [-0.1, -0.05) is 0 Å². The number of likely N-dealkylation sites (tertiary alicyclic amines) is 1. The standard InChI is InChI=1S/C20H26N2O6/c1-20(2,3)28-19(26)22-8-12(9-22)7-21-10-13-5-16(18(25)27-4)14(11-23)6-15(13)17(21)24/h5-6,12,23H,7-11H2,1-4H3. The predicted octanol–water partition coefficient (Wildman–Crippen LogP) is 1.79. The minimum atomic E-state index is -0.537. The van der Waals surface area contributed by atoms with Crippen LogP contribution in [0.2, 0.25) is 0 Å².